The maximum atomic E-state index is 5.36. The molecule has 23 heavy (non-hydrogen) atoms. The van der Waals surface area contributed by atoms with E-state index >= 15 is 0 Å². The molecule has 2 aromatic rings. The zero-order valence-electron chi connectivity index (χ0n) is 13.7. The number of hydrogen-bond acceptors (Lipinski definition) is 2. The molecule has 0 fully saturated rings. The molecule has 0 atom stereocenters. The molecule has 1 aromatic carbocycles. The van der Waals surface area contributed by atoms with E-state index < -0.39 is 0 Å². The second kappa shape index (κ2) is 10.9. The Bertz CT molecular complexity index is 584. The molecule has 1 aromatic heterocycles. The van der Waals surface area contributed by atoms with Crippen molar-refractivity contribution in [2.24, 2.45) is 4.99 Å². The van der Waals surface area contributed by atoms with Gasteiger partial charge in [0.1, 0.15) is 5.75 Å². The van der Waals surface area contributed by atoms with Gasteiger partial charge in [0.2, 0.25) is 0 Å². The van der Waals surface area contributed by atoms with E-state index in [-0.39, 0.29) is 24.0 Å². The molecule has 6 heteroatoms. The topological polar surface area (TPSA) is 50.6 Å². The Hall–Kier alpha value is -1.70. The van der Waals surface area contributed by atoms with Gasteiger partial charge in [-0.3, -0.25) is 4.99 Å². The van der Waals surface area contributed by atoms with Crippen LogP contribution in [-0.4, -0.2) is 37.8 Å². The minimum absolute atomic E-state index is 0. The van der Waals surface area contributed by atoms with Gasteiger partial charge in [0.15, 0.2) is 5.96 Å². The van der Waals surface area contributed by atoms with Gasteiger partial charge in [0, 0.05) is 39.1 Å². The highest BCUT2D eigenvalue weighted by Crippen LogP contribution is 2.17. The van der Waals surface area contributed by atoms with E-state index in [0.717, 1.165) is 37.8 Å². The normalized spacial score (nSPS) is 10.8. The number of aromatic nitrogens is 1. The fourth-order valence-corrected chi connectivity index (χ4v) is 2.27. The van der Waals surface area contributed by atoms with Crippen LogP contribution in [0.5, 0.6) is 5.75 Å². The number of hydrogen-bond donors (Lipinski definition) is 2. The highest BCUT2D eigenvalue weighted by atomic mass is 127. The maximum absolute atomic E-state index is 5.36. The number of ether oxygens (including phenoxy) is 1. The average Bonchev–Trinajstić information content (AvgIpc) is 3.07. The van der Waals surface area contributed by atoms with Gasteiger partial charge in [0.05, 0.1) is 7.11 Å². The third kappa shape index (κ3) is 6.52. The average molecular weight is 428 g/mol. The first kappa shape index (κ1) is 19.3. The van der Waals surface area contributed by atoms with Crippen molar-refractivity contribution in [2.45, 2.75) is 13.0 Å². The van der Waals surface area contributed by atoms with Crippen LogP contribution in [0.2, 0.25) is 0 Å². The third-order valence-corrected chi connectivity index (χ3v) is 3.43. The second-order valence-corrected chi connectivity index (χ2v) is 4.91. The van der Waals surface area contributed by atoms with Crippen molar-refractivity contribution >= 4 is 29.9 Å². The molecule has 0 saturated heterocycles. The first-order valence-electron chi connectivity index (χ1n) is 7.50. The summed E-state index contributed by atoms with van der Waals surface area (Å²) in [4.78, 5) is 4.23. The quantitative estimate of drug-likeness (QED) is 0.405. The number of halogens is 1. The van der Waals surface area contributed by atoms with E-state index in [0.29, 0.717) is 0 Å². The summed E-state index contributed by atoms with van der Waals surface area (Å²) in [5, 5.41) is 6.63. The summed E-state index contributed by atoms with van der Waals surface area (Å²) in [5.74, 6) is 1.75. The number of methoxy groups -OCH3 is 1. The van der Waals surface area contributed by atoms with Crippen LogP contribution in [0.15, 0.2) is 53.8 Å². The van der Waals surface area contributed by atoms with Gasteiger partial charge in [0.25, 0.3) is 0 Å². The van der Waals surface area contributed by atoms with Crippen LogP contribution < -0.4 is 15.4 Å². The Morgan fingerprint density at radius 1 is 1.09 bits per heavy atom. The summed E-state index contributed by atoms with van der Waals surface area (Å²) < 4.78 is 7.49. The van der Waals surface area contributed by atoms with E-state index in [1.807, 2.05) is 30.3 Å². The third-order valence-electron chi connectivity index (χ3n) is 3.43. The lowest BCUT2D eigenvalue weighted by atomic mass is 10.1. The molecule has 2 N–H and O–H groups in total. The zero-order valence-corrected chi connectivity index (χ0v) is 16.0. The van der Waals surface area contributed by atoms with Crippen LogP contribution in [0.4, 0.5) is 0 Å². The number of rotatable bonds is 7. The van der Waals surface area contributed by atoms with Gasteiger partial charge >= 0.3 is 0 Å². The molecule has 0 aliphatic rings. The van der Waals surface area contributed by atoms with Crippen molar-refractivity contribution in [3.05, 3.63) is 54.4 Å². The number of nitrogens with zero attached hydrogens (tertiary/aromatic N) is 2. The van der Waals surface area contributed by atoms with E-state index in [1.54, 1.807) is 14.2 Å². The molecule has 5 nitrogen and oxygen atoms in total. The van der Waals surface area contributed by atoms with Crippen LogP contribution in [0.1, 0.15) is 5.56 Å². The van der Waals surface area contributed by atoms with Crippen molar-refractivity contribution in [1.82, 2.24) is 15.2 Å². The second-order valence-electron chi connectivity index (χ2n) is 4.91. The Balaban J connectivity index is 0.00000264. The number of para-hydroxylation sites is 1. The molecule has 0 aliphatic carbocycles. The van der Waals surface area contributed by atoms with Gasteiger partial charge in [-0.25, -0.2) is 0 Å². The first-order valence-corrected chi connectivity index (χ1v) is 7.50. The first-order chi connectivity index (χ1) is 10.8. The Labute approximate surface area is 155 Å². The maximum Gasteiger partial charge on any atom is 0.191 e. The Morgan fingerprint density at radius 2 is 1.78 bits per heavy atom. The number of benzene rings is 1. The minimum atomic E-state index is 0. The largest absolute Gasteiger partial charge is 0.496 e. The monoisotopic (exact) mass is 428 g/mol. The Kier molecular flexibility index (Phi) is 9.20. The van der Waals surface area contributed by atoms with Crippen molar-refractivity contribution in [2.75, 3.05) is 27.2 Å². The van der Waals surface area contributed by atoms with E-state index in [2.05, 4.69) is 38.7 Å². The fourth-order valence-electron chi connectivity index (χ4n) is 2.27. The molecule has 126 valence electrons. The van der Waals surface area contributed by atoms with E-state index in [4.69, 9.17) is 4.74 Å². The molecule has 0 amide bonds. The lowest BCUT2D eigenvalue weighted by molar-refractivity contribution is 0.409. The summed E-state index contributed by atoms with van der Waals surface area (Å²) >= 11 is 0. The standard InChI is InChI=1S/C17H24N4O.HI/c1-18-17(20-11-14-21-12-5-6-13-21)19-10-9-15-7-3-4-8-16(15)22-2;/h3-8,12-13H,9-11,14H2,1-2H3,(H2,18,19,20);1H. The van der Waals surface area contributed by atoms with Crippen molar-refractivity contribution in [1.29, 1.82) is 0 Å². The minimum Gasteiger partial charge on any atom is -0.496 e. The fraction of sp³-hybridized carbons (Fsp3) is 0.353. The smallest absolute Gasteiger partial charge is 0.191 e. The van der Waals surface area contributed by atoms with Gasteiger partial charge < -0.3 is 19.9 Å². The molecule has 0 saturated carbocycles. The predicted molar refractivity (Wildman–Crippen MR) is 106 cm³/mol. The van der Waals surface area contributed by atoms with Crippen molar-refractivity contribution < 1.29 is 4.74 Å². The Morgan fingerprint density at radius 3 is 2.48 bits per heavy atom. The lowest BCUT2D eigenvalue weighted by Gasteiger charge is -2.13. The molecular formula is C17H25IN4O. The predicted octanol–water partition coefficient (Wildman–Crippen LogP) is 2.52. The van der Waals surface area contributed by atoms with Crippen LogP contribution in [-0.2, 0) is 13.0 Å². The van der Waals surface area contributed by atoms with Crippen LogP contribution in [0.3, 0.4) is 0 Å². The molecule has 0 unspecified atom stereocenters. The summed E-state index contributed by atoms with van der Waals surface area (Å²) in [6.07, 6.45) is 5.00. The summed E-state index contributed by atoms with van der Waals surface area (Å²) in [5.41, 5.74) is 1.19. The summed E-state index contributed by atoms with van der Waals surface area (Å²) in [6, 6.07) is 12.1. The molecule has 1 heterocycles. The molecule has 0 spiro atoms. The van der Waals surface area contributed by atoms with Gasteiger partial charge in [-0.15, -0.1) is 24.0 Å². The van der Waals surface area contributed by atoms with Gasteiger partial charge in [-0.05, 0) is 30.2 Å². The van der Waals surface area contributed by atoms with E-state index in [1.165, 1.54) is 5.56 Å². The van der Waals surface area contributed by atoms with Gasteiger partial charge in [-0.1, -0.05) is 18.2 Å². The molecule has 0 bridgehead atoms. The van der Waals surface area contributed by atoms with Crippen LogP contribution in [0.25, 0.3) is 0 Å². The van der Waals surface area contributed by atoms with E-state index in [9.17, 15) is 0 Å². The van der Waals surface area contributed by atoms with Crippen molar-refractivity contribution in [3.63, 3.8) is 0 Å². The SMILES string of the molecule is CN=C(NCCc1ccccc1OC)NCCn1cccc1.I. The number of guanidine groups is 1. The molecular weight excluding hydrogens is 403 g/mol. The molecule has 0 radical (unpaired) electrons. The van der Waals surface area contributed by atoms with Gasteiger partial charge in [-0.2, -0.15) is 0 Å². The highest BCUT2D eigenvalue weighted by molar-refractivity contribution is 14.0. The van der Waals surface area contributed by atoms with Crippen LogP contribution >= 0.6 is 24.0 Å². The molecule has 0 aliphatic heterocycles. The highest BCUT2D eigenvalue weighted by Gasteiger charge is 2.02. The number of nitrogens with one attached hydrogen (secondary N) is 2. The van der Waals surface area contributed by atoms with Crippen LogP contribution in [0, 0.1) is 0 Å². The number of aliphatic imine (C=N–C) groups is 1. The zero-order chi connectivity index (χ0) is 15.6. The molecule has 2 rings (SSSR count). The lowest BCUT2D eigenvalue weighted by Crippen LogP contribution is -2.39. The summed E-state index contributed by atoms with van der Waals surface area (Å²) in [6.45, 7) is 2.56. The summed E-state index contributed by atoms with van der Waals surface area (Å²) in [7, 11) is 3.49. The van der Waals surface area contributed by atoms with Crippen molar-refractivity contribution in [3.8, 4) is 5.75 Å².